The Morgan fingerprint density at radius 1 is 0.842 bits per heavy atom. The number of rotatable bonds is 2. The molecule has 3 rings (SSSR count). The molecule has 0 saturated carbocycles. The van der Waals surface area contributed by atoms with E-state index in [4.69, 9.17) is 0 Å². The van der Waals surface area contributed by atoms with Crippen LogP contribution in [-0.2, 0) is 0 Å². The van der Waals surface area contributed by atoms with Gasteiger partial charge in [-0.1, -0.05) is 24.3 Å². The molecule has 3 aromatic rings. The molecular weight excluding hydrogens is 246 g/mol. The molecule has 1 N–H and O–H groups in total. The van der Waals surface area contributed by atoms with Crippen LogP contribution in [0.5, 0.6) is 0 Å². The van der Waals surface area contributed by atoms with Gasteiger partial charge in [-0.3, -0.25) is 0 Å². The number of nitrogens with zero attached hydrogens (tertiary/aromatic N) is 1. The standard InChI is InChI=1S/C15H10F2N2/c16-12-5-1-3-10(7-12)14-15(19-9-18-14)11-4-2-6-13(17)8-11/h1-9H,(H,18,19). The first-order valence-electron chi connectivity index (χ1n) is 5.79. The molecule has 0 unspecified atom stereocenters. The Morgan fingerprint density at radius 3 is 2.16 bits per heavy atom. The fraction of sp³-hybridized carbons (Fsp3) is 0. The average molecular weight is 256 g/mol. The van der Waals surface area contributed by atoms with Gasteiger partial charge < -0.3 is 4.98 Å². The molecule has 2 nitrogen and oxygen atoms in total. The van der Waals surface area contributed by atoms with Crippen molar-refractivity contribution in [3.05, 3.63) is 66.5 Å². The molecule has 2 aromatic carbocycles. The van der Waals surface area contributed by atoms with Crippen molar-refractivity contribution in [1.82, 2.24) is 9.97 Å². The summed E-state index contributed by atoms with van der Waals surface area (Å²) in [5.41, 5.74) is 2.60. The summed E-state index contributed by atoms with van der Waals surface area (Å²) in [6.07, 6.45) is 1.51. The molecule has 1 aromatic heterocycles. The molecule has 94 valence electrons. The summed E-state index contributed by atoms with van der Waals surface area (Å²) >= 11 is 0. The van der Waals surface area contributed by atoms with Gasteiger partial charge in [-0.25, -0.2) is 13.8 Å². The SMILES string of the molecule is Fc1cccc(-c2nc[nH]c2-c2cccc(F)c2)c1. The van der Waals surface area contributed by atoms with Crippen molar-refractivity contribution in [2.24, 2.45) is 0 Å². The van der Waals surface area contributed by atoms with E-state index in [-0.39, 0.29) is 11.6 Å². The smallest absolute Gasteiger partial charge is 0.123 e. The fourth-order valence-corrected chi connectivity index (χ4v) is 2.01. The predicted molar refractivity (Wildman–Crippen MR) is 69.4 cm³/mol. The van der Waals surface area contributed by atoms with Gasteiger partial charge in [-0.15, -0.1) is 0 Å². The van der Waals surface area contributed by atoms with Crippen LogP contribution >= 0.6 is 0 Å². The van der Waals surface area contributed by atoms with Gasteiger partial charge in [0, 0.05) is 11.1 Å². The number of aromatic amines is 1. The van der Waals surface area contributed by atoms with Gasteiger partial charge in [0.05, 0.1) is 17.7 Å². The second kappa shape index (κ2) is 4.65. The molecule has 0 atom stereocenters. The summed E-state index contributed by atoms with van der Waals surface area (Å²) in [4.78, 5) is 7.16. The minimum Gasteiger partial charge on any atom is -0.344 e. The van der Waals surface area contributed by atoms with E-state index in [1.165, 1.54) is 30.6 Å². The number of benzene rings is 2. The van der Waals surface area contributed by atoms with E-state index >= 15 is 0 Å². The Morgan fingerprint density at radius 2 is 1.47 bits per heavy atom. The minimum absolute atomic E-state index is 0.322. The van der Waals surface area contributed by atoms with Gasteiger partial charge in [0.15, 0.2) is 0 Å². The molecule has 4 heteroatoms. The molecule has 0 saturated heterocycles. The highest BCUT2D eigenvalue weighted by molar-refractivity contribution is 5.77. The maximum Gasteiger partial charge on any atom is 0.123 e. The maximum atomic E-state index is 13.3. The van der Waals surface area contributed by atoms with Crippen molar-refractivity contribution in [2.75, 3.05) is 0 Å². The first-order chi connectivity index (χ1) is 9.24. The van der Waals surface area contributed by atoms with Gasteiger partial charge in [0.25, 0.3) is 0 Å². The topological polar surface area (TPSA) is 28.7 Å². The van der Waals surface area contributed by atoms with E-state index in [1.807, 2.05) is 0 Å². The Balaban J connectivity index is 2.13. The van der Waals surface area contributed by atoms with E-state index in [0.29, 0.717) is 22.5 Å². The molecule has 19 heavy (non-hydrogen) atoms. The highest BCUT2D eigenvalue weighted by Crippen LogP contribution is 2.29. The number of hydrogen-bond donors (Lipinski definition) is 1. The van der Waals surface area contributed by atoms with Gasteiger partial charge >= 0.3 is 0 Å². The second-order valence-electron chi connectivity index (χ2n) is 4.15. The van der Waals surface area contributed by atoms with Crippen LogP contribution < -0.4 is 0 Å². The number of H-pyrrole nitrogens is 1. The van der Waals surface area contributed by atoms with E-state index < -0.39 is 0 Å². The predicted octanol–water partition coefficient (Wildman–Crippen LogP) is 4.02. The maximum absolute atomic E-state index is 13.3. The third-order valence-electron chi connectivity index (χ3n) is 2.85. The zero-order valence-corrected chi connectivity index (χ0v) is 9.90. The Kier molecular flexibility index (Phi) is 2.83. The molecule has 0 aliphatic heterocycles. The molecule has 0 bridgehead atoms. The van der Waals surface area contributed by atoms with E-state index in [0.717, 1.165) is 0 Å². The number of halogens is 2. The van der Waals surface area contributed by atoms with E-state index in [2.05, 4.69) is 9.97 Å². The lowest BCUT2D eigenvalue weighted by molar-refractivity contribution is 0.627. The number of imidazole rings is 1. The van der Waals surface area contributed by atoms with Crippen LogP contribution in [0.3, 0.4) is 0 Å². The summed E-state index contributed by atoms with van der Waals surface area (Å²) in [6.45, 7) is 0. The largest absolute Gasteiger partial charge is 0.344 e. The number of nitrogens with one attached hydrogen (secondary N) is 1. The summed E-state index contributed by atoms with van der Waals surface area (Å²) in [6, 6.07) is 12.4. The molecule has 0 spiro atoms. The molecule has 0 aliphatic carbocycles. The molecule has 0 radical (unpaired) electrons. The average Bonchev–Trinajstić information content (AvgIpc) is 2.88. The number of hydrogen-bond acceptors (Lipinski definition) is 1. The van der Waals surface area contributed by atoms with Crippen LogP contribution in [0.15, 0.2) is 54.9 Å². The Bertz CT molecular complexity index is 659. The Hall–Kier alpha value is -2.49. The van der Waals surface area contributed by atoms with E-state index in [1.54, 1.807) is 24.3 Å². The third-order valence-corrected chi connectivity index (χ3v) is 2.85. The van der Waals surface area contributed by atoms with Crippen LogP contribution in [0.25, 0.3) is 22.5 Å². The van der Waals surface area contributed by atoms with Crippen LogP contribution in [-0.4, -0.2) is 9.97 Å². The monoisotopic (exact) mass is 256 g/mol. The molecule has 0 amide bonds. The summed E-state index contributed by atoms with van der Waals surface area (Å²) < 4.78 is 26.5. The molecule has 1 heterocycles. The second-order valence-corrected chi connectivity index (χ2v) is 4.15. The zero-order chi connectivity index (χ0) is 13.2. The summed E-state index contributed by atoms with van der Waals surface area (Å²) in [7, 11) is 0. The number of aromatic nitrogens is 2. The van der Waals surface area contributed by atoms with Gasteiger partial charge in [-0.05, 0) is 24.3 Å². The normalized spacial score (nSPS) is 10.6. The lowest BCUT2D eigenvalue weighted by Crippen LogP contribution is -1.86. The van der Waals surface area contributed by atoms with Crippen molar-refractivity contribution in [2.45, 2.75) is 0 Å². The quantitative estimate of drug-likeness (QED) is 0.737. The summed E-state index contributed by atoms with van der Waals surface area (Å²) in [5.74, 6) is -0.650. The van der Waals surface area contributed by atoms with Crippen molar-refractivity contribution in [1.29, 1.82) is 0 Å². The fourth-order valence-electron chi connectivity index (χ4n) is 2.01. The molecule has 0 aliphatic rings. The van der Waals surface area contributed by atoms with Crippen LogP contribution in [0, 0.1) is 11.6 Å². The minimum atomic E-state index is -0.328. The van der Waals surface area contributed by atoms with Crippen molar-refractivity contribution in [3.63, 3.8) is 0 Å². The van der Waals surface area contributed by atoms with Gasteiger partial charge in [0.1, 0.15) is 11.6 Å². The van der Waals surface area contributed by atoms with E-state index in [9.17, 15) is 8.78 Å². The molecule has 0 fully saturated rings. The van der Waals surface area contributed by atoms with Crippen molar-refractivity contribution >= 4 is 0 Å². The highest BCUT2D eigenvalue weighted by Gasteiger charge is 2.11. The summed E-state index contributed by atoms with van der Waals surface area (Å²) in [5, 5.41) is 0. The van der Waals surface area contributed by atoms with Crippen LogP contribution in [0.2, 0.25) is 0 Å². The van der Waals surface area contributed by atoms with Crippen molar-refractivity contribution in [3.8, 4) is 22.5 Å². The first-order valence-corrected chi connectivity index (χ1v) is 5.79. The van der Waals surface area contributed by atoms with Gasteiger partial charge in [0.2, 0.25) is 0 Å². The highest BCUT2D eigenvalue weighted by atomic mass is 19.1. The Labute approximate surface area is 108 Å². The van der Waals surface area contributed by atoms with Crippen LogP contribution in [0.4, 0.5) is 8.78 Å². The van der Waals surface area contributed by atoms with Crippen LogP contribution in [0.1, 0.15) is 0 Å². The lowest BCUT2D eigenvalue weighted by Gasteiger charge is -2.03. The zero-order valence-electron chi connectivity index (χ0n) is 9.90. The third kappa shape index (κ3) is 2.25. The van der Waals surface area contributed by atoms with Crippen molar-refractivity contribution < 1.29 is 8.78 Å². The first kappa shape index (κ1) is 11.6. The molecular formula is C15H10F2N2. The lowest BCUT2D eigenvalue weighted by atomic mass is 10.0. The van der Waals surface area contributed by atoms with Gasteiger partial charge in [-0.2, -0.15) is 0 Å².